The van der Waals surface area contributed by atoms with Gasteiger partial charge in [-0.1, -0.05) is 111 Å². The molecule has 0 spiro atoms. The van der Waals surface area contributed by atoms with Crippen molar-refractivity contribution in [3.8, 4) is 0 Å². The van der Waals surface area contributed by atoms with Crippen LogP contribution in [0.2, 0.25) is 0 Å². The fourth-order valence-electron chi connectivity index (χ4n) is 2.82. The highest BCUT2D eigenvalue weighted by molar-refractivity contribution is 9.08. The molecule has 3 aromatic rings. The van der Waals surface area contributed by atoms with Crippen LogP contribution in [0.5, 0.6) is 0 Å². The predicted octanol–water partition coefficient (Wildman–Crippen LogP) is 6.66. The van der Waals surface area contributed by atoms with Crippen LogP contribution < -0.4 is 0 Å². The number of hydrogen-bond donors (Lipinski definition) is 0. The molecule has 0 aliphatic rings. The molecule has 0 aliphatic heterocycles. The summed E-state index contributed by atoms with van der Waals surface area (Å²) in [6.07, 6.45) is 0. The van der Waals surface area contributed by atoms with E-state index in [1.54, 1.807) is 0 Å². The second kappa shape index (κ2) is 7.94. The van der Waals surface area contributed by atoms with Crippen LogP contribution in [0.15, 0.2) is 78.9 Å². The molecule has 3 aromatic carbocycles. The Bertz CT molecular complexity index is 684. The van der Waals surface area contributed by atoms with E-state index in [4.69, 9.17) is 0 Å². The van der Waals surface area contributed by atoms with Gasteiger partial charge in [0.05, 0.1) is 0 Å². The minimum atomic E-state index is 0.268. The van der Waals surface area contributed by atoms with Crippen molar-refractivity contribution in [1.82, 2.24) is 0 Å². The Morgan fingerprint density at radius 2 is 0.913 bits per heavy atom. The van der Waals surface area contributed by atoms with Gasteiger partial charge < -0.3 is 0 Å². The number of rotatable bonds is 5. The van der Waals surface area contributed by atoms with Crippen LogP contribution in [0, 0.1) is 0 Å². The Balaban J connectivity index is 2.05. The summed E-state index contributed by atoms with van der Waals surface area (Å²) in [6.45, 7) is 0. The van der Waals surface area contributed by atoms with E-state index in [1.165, 1.54) is 27.8 Å². The normalized spacial score (nSPS) is 10.9. The van der Waals surface area contributed by atoms with Crippen LogP contribution in [0.4, 0.5) is 0 Å². The summed E-state index contributed by atoms with van der Waals surface area (Å²) in [4.78, 5) is 0. The molecule has 0 aliphatic carbocycles. The van der Waals surface area contributed by atoms with E-state index in [2.05, 4.69) is 111 Å². The molecule has 0 saturated heterocycles. The fraction of sp³-hybridized carbons (Fsp3) is 0.143. The summed E-state index contributed by atoms with van der Waals surface area (Å²) in [5, 5.41) is 1.78. The first-order valence-corrected chi connectivity index (χ1v) is 9.90. The lowest BCUT2D eigenvalue weighted by molar-refractivity contribution is 0.974. The predicted molar refractivity (Wildman–Crippen MR) is 106 cm³/mol. The van der Waals surface area contributed by atoms with Gasteiger partial charge in [0.25, 0.3) is 0 Å². The van der Waals surface area contributed by atoms with Gasteiger partial charge >= 0.3 is 0 Å². The van der Waals surface area contributed by atoms with Crippen molar-refractivity contribution >= 4 is 31.9 Å². The van der Waals surface area contributed by atoms with Crippen molar-refractivity contribution in [2.75, 3.05) is 0 Å². The van der Waals surface area contributed by atoms with Crippen LogP contribution in [0.1, 0.15) is 33.7 Å². The monoisotopic (exact) mass is 428 g/mol. The lowest BCUT2D eigenvalue weighted by Gasteiger charge is -2.19. The Morgan fingerprint density at radius 3 is 1.30 bits per heavy atom. The third-order valence-electron chi connectivity index (χ3n) is 4.07. The second-order valence-corrected chi connectivity index (χ2v) is 6.72. The molecule has 23 heavy (non-hydrogen) atoms. The number of alkyl halides is 2. The van der Waals surface area contributed by atoms with Gasteiger partial charge in [0.2, 0.25) is 0 Å². The molecular weight excluding hydrogens is 412 g/mol. The molecule has 0 amide bonds. The Morgan fingerprint density at radius 1 is 0.522 bits per heavy atom. The van der Waals surface area contributed by atoms with Crippen LogP contribution >= 0.6 is 31.9 Å². The quantitative estimate of drug-likeness (QED) is 0.314. The fourth-order valence-corrected chi connectivity index (χ4v) is 3.57. The zero-order chi connectivity index (χ0) is 16.1. The molecule has 3 rings (SSSR count). The second-order valence-electron chi connectivity index (χ2n) is 5.59. The first-order chi connectivity index (χ1) is 11.3. The SMILES string of the molecule is BrCc1ccc(C(c2ccccc2)c2ccc(CBr)cc2)cc1. The van der Waals surface area contributed by atoms with Gasteiger partial charge in [-0.3, -0.25) is 0 Å². The maximum atomic E-state index is 3.52. The Kier molecular flexibility index (Phi) is 5.69. The van der Waals surface area contributed by atoms with Gasteiger partial charge in [-0.2, -0.15) is 0 Å². The van der Waals surface area contributed by atoms with Crippen molar-refractivity contribution in [3.63, 3.8) is 0 Å². The lowest BCUT2D eigenvalue weighted by Crippen LogP contribution is -2.03. The molecule has 0 fully saturated rings. The first kappa shape index (κ1) is 16.5. The molecule has 0 atom stereocenters. The molecule has 0 unspecified atom stereocenters. The molecular formula is C21H18Br2. The van der Waals surface area contributed by atoms with E-state index in [0.717, 1.165) is 10.7 Å². The number of hydrogen-bond acceptors (Lipinski definition) is 0. The Labute approximate surface area is 154 Å². The maximum absolute atomic E-state index is 3.52. The zero-order valence-electron chi connectivity index (χ0n) is 12.8. The number of benzene rings is 3. The molecule has 0 heterocycles. The molecule has 2 heteroatoms. The topological polar surface area (TPSA) is 0 Å². The first-order valence-electron chi connectivity index (χ1n) is 7.66. The largest absolute Gasteiger partial charge is 0.0876 e. The lowest BCUT2D eigenvalue weighted by atomic mass is 9.85. The highest BCUT2D eigenvalue weighted by atomic mass is 79.9. The van der Waals surface area contributed by atoms with Crippen molar-refractivity contribution in [1.29, 1.82) is 0 Å². The van der Waals surface area contributed by atoms with E-state index in [-0.39, 0.29) is 5.92 Å². The minimum absolute atomic E-state index is 0.268. The van der Waals surface area contributed by atoms with Gasteiger partial charge in [-0.15, -0.1) is 0 Å². The molecule has 0 aromatic heterocycles. The third kappa shape index (κ3) is 3.94. The minimum Gasteiger partial charge on any atom is -0.0876 e. The van der Waals surface area contributed by atoms with E-state index in [1.807, 2.05) is 0 Å². The summed E-state index contributed by atoms with van der Waals surface area (Å²) in [7, 11) is 0. The number of halogens is 2. The van der Waals surface area contributed by atoms with Gasteiger partial charge in [0.15, 0.2) is 0 Å². The average molecular weight is 430 g/mol. The molecule has 0 radical (unpaired) electrons. The molecule has 0 N–H and O–H groups in total. The Hall–Kier alpha value is -1.38. The van der Waals surface area contributed by atoms with Gasteiger partial charge in [0.1, 0.15) is 0 Å². The summed E-state index contributed by atoms with van der Waals surface area (Å²) in [5.74, 6) is 0.268. The molecule has 0 saturated carbocycles. The molecule has 0 bridgehead atoms. The highest BCUT2D eigenvalue weighted by Gasteiger charge is 2.16. The van der Waals surface area contributed by atoms with E-state index in [0.29, 0.717) is 0 Å². The summed E-state index contributed by atoms with van der Waals surface area (Å²) in [6, 6.07) is 28.5. The van der Waals surface area contributed by atoms with E-state index >= 15 is 0 Å². The highest BCUT2D eigenvalue weighted by Crippen LogP contribution is 2.32. The van der Waals surface area contributed by atoms with Gasteiger partial charge in [0, 0.05) is 16.6 Å². The average Bonchev–Trinajstić information content (AvgIpc) is 2.64. The van der Waals surface area contributed by atoms with Crippen LogP contribution in [-0.2, 0) is 10.7 Å². The van der Waals surface area contributed by atoms with Crippen molar-refractivity contribution in [3.05, 3.63) is 107 Å². The van der Waals surface area contributed by atoms with Crippen LogP contribution in [-0.4, -0.2) is 0 Å². The smallest absolute Gasteiger partial charge is 0.0339 e. The van der Waals surface area contributed by atoms with Crippen molar-refractivity contribution in [2.24, 2.45) is 0 Å². The van der Waals surface area contributed by atoms with E-state index < -0.39 is 0 Å². The van der Waals surface area contributed by atoms with Crippen molar-refractivity contribution < 1.29 is 0 Å². The molecule has 116 valence electrons. The third-order valence-corrected chi connectivity index (χ3v) is 5.36. The summed E-state index contributed by atoms with van der Waals surface area (Å²) >= 11 is 7.04. The summed E-state index contributed by atoms with van der Waals surface area (Å²) < 4.78 is 0. The van der Waals surface area contributed by atoms with Crippen LogP contribution in [0.3, 0.4) is 0 Å². The van der Waals surface area contributed by atoms with E-state index in [9.17, 15) is 0 Å². The molecule has 0 nitrogen and oxygen atoms in total. The van der Waals surface area contributed by atoms with Gasteiger partial charge in [-0.05, 0) is 27.8 Å². The standard InChI is InChI=1S/C21H18Br2/c22-14-16-6-10-19(11-7-16)21(18-4-2-1-3-5-18)20-12-8-17(15-23)9-13-20/h1-13,21H,14-15H2. The van der Waals surface area contributed by atoms with Crippen molar-refractivity contribution in [2.45, 2.75) is 16.6 Å². The zero-order valence-corrected chi connectivity index (χ0v) is 15.9. The summed E-state index contributed by atoms with van der Waals surface area (Å²) in [5.41, 5.74) is 6.58. The maximum Gasteiger partial charge on any atom is 0.0339 e. The van der Waals surface area contributed by atoms with Gasteiger partial charge in [-0.25, -0.2) is 0 Å². The van der Waals surface area contributed by atoms with Crippen LogP contribution in [0.25, 0.3) is 0 Å².